The molecule has 0 aromatic heterocycles. The topological polar surface area (TPSA) is 15.3 Å². The van der Waals surface area contributed by atoms with Crippen LogP contribution in [0.4, 0.5) is 0 Å². The first kappa shape index (κ1) is 11.7. The number of rotatable bonds is 3. The van der Waals surface area contributed by atoms with Crippen molar-refractivity contribution >= 4 is 0 Å². The zero-order valence-corrected chi connectivity index (χ0v) is 11.1. The molecular weight excluding hydrogens is 208 g/mol. The third-order valence-electron chi connectivity index (χ3n) is 4.94. The molecular formula is C15H26N2. The highest BCUT2D eigenvalue weighted by molar-refractivity contribution is 5.03. The van der Waals surface area contributed by atoms with Crippen molar-refractivity contribution in [3.63, 3.8) is 0 Å². The summed E-state index contributed by atoms with van der Waals surface area (Å²) in [7, 11) is 0. The van der Waals surface area contributed by atoms with E-state index in [0.717, 1.165) is 24.2 Å². The third kappa shape index (κ3) is 2.43. The maximum atomic E-state index is 3.76. The minimum absolute atomic E-state index is 0.733. The van der Waals surface area contributed by atoms with Gasteiger partial charge in [-0.25, -0.2) is 0 Å². The Morgan fingerprint density at radius 1 is 1.18 bits per heavy atom. The predicted molar refractivity (Wildman–Crippen MR) is 72.1 cm³/mol. The van der Waals surface area contributed by atoms with Gasteiger partial charge < -0.3 is 5.32 Å². The van der Waals surface area contributed by atoms with Crippen LogP contribution in [-0.4, -0.2) is 35.6 Å². The molecule has 3 unspecified atom stereocenters. The summed E-state index contributed by atoms with van der Waals surface area (Å²) in [6, 6.07) is 3.21. The molecule has 3 aliphatic rings. The van der Waals surface area contributed by atoms with Gasteiger partial charge in [0, 0.05) is 24.2 Å². The van der Waals surface area contributed by atoms with Crippen molar-refractivity contribution in [3.05, 3.63) is 12.2 Å². The van der Waals surface area contributed by atoms with E-state index in [1.54, 1.807) is 0 Å². The lowest BCUT2D eigenvalue weighted by Gasteiger charge is -2.41. The fourth-order valence-corrected chi connectivity index (χ4v) is 4.13. The first-order valence-corrected chi connectivity index (χ1v) is 7.55. The second-order valence-electron chi connectivity index (χ2n) is 6.02. The lowest BCUT2D eigenvalue weighted by molar-refractivity contribution is 0.113. The Morgan fingerprint density at radius 2 is 1.94 bits per heavy atom. The number of likely N-dealkylation sites (N-methyl/N-ethyl adjacent to an activating group) is 1. The maximum absolute atomic E-state index is 3.76. The van der Waals surface area contributed by atoms with Gasteiger partial charge in [0.05, 0.1) is 0 Å². The molecule has 0 amide bonds. The van der Waals surface area contributed by atoms with Gasteiger partial charge in [0.15, 0.2) is 0 Å². The standard InChI is InChI=1S/C15H26N2/c1-2-17(14-6-4-3-5-7-14)15-10-12-8-9-13(11-15)16-12/h4,6,12-16H,2-3,5,7-11H2,1H3. The zero-order chi connectivity index (χ0) is 11.7. The van der Waals surface area contributed by atoms with Crippen molar-refractivity contribution in [3.8, 4) is 0 Å². The van der Waals surface area contributed by atoms with Crippen LogP contribution < -0.4 is 5.32 Å². The van der Waals surface area contributed by atoms with Crippen molar-refractivity contribution in [1.29, 1.82) is 0 Å². The lowest BCUT2D eigenvalue weighted by Crippen LogP contribution is -2.51. The monoisotopic (exact) mass is 234 g/mol. The highest BCUT2D eigenvalue weighted by Gasteiger charge is 2.37. The van der Waals surface area contributed by atoms with Crippen LogP contribution in [0.25, 0.3) is 0 Å². The van der Waals surface area contributed by atoms with Crippen molar-refractivity contribution in [1.82, 2.24) is 10.2 Å². The number of hydrogen-bond donors (Lipinski definition) is 1. The van der Waals surface area contributed by atoms with E-state index in [1.165, 1.54) is 51.5 Å². The number of allylic oxidation sites excluding steroid dienone is 1. The molecule has 2 bridgehead atoms. The van der Waals surface area contributed by atoms with Gasteiger partial charge in [-0.2, -0.15) is 0 Å². The van der Waals surface area contributed by atoms with Crippen molar-refractivity contribution in [2.75, 3.05) is 6.54 Å². The second-order valence-corrected chi connectivity index (χ2v) is 6.02. The average Bonchev–Trinajstić information content (AvgIpc) is 2.71. The van der Waals surface area contributed by atoms with Crippen LogP contribution in [0.2, 0.25) is 0 Å². The average molecular weight is 234 g/mol. The molecule has 1 N–H and O–H groups in total. The maximum Gasteiger partial charge on any atom is 0.0281 e. The minimum atomic E-state index is 0.733. The molecule has 1 aliphatic carbocycles. The summed E-state index contributed by atoms with van der Waals surface area (Å²) in [4.78, 5) is 2.78. The number of nitrogens with zero attached hydrogens (tertiary/aromatic N) is 1. The van der Waals surface area contributed by atoms with Crippen LogP contribution in [0.5, 0.6) is 0 Å². The zero-order valence-electron chi connectivity index (χ0n) is 11.1. The van der Waals surface area contributed by atoms with Gasteiger partial charge >= 0.3 is 0 Å². The van der Waals surface area contributed by atoms with Crippen LogP contribution in [0.1, 0.15) is 51.9 Å². The second kappa shape index (κ2) is 5.11. The van der Waals surface area contributed by atoms with Crippen LogP contribution in [0.3, 0.4) is 0 Å². The van der Waals surface area contributed by atoms with Gasteiger partial charge in [0.2, 0.25) is 0 Å². The fraction of sp³-hybridized carbons (Fsp3) is 0.867. The molecule has 2 heteroatoms. The summed E-state index contributed by atoms with van der Waals surface area (Å²) < 4.78 is 0. The number of fused-ring (bicyclic) bond motifs is 2. The van der Waals surface area contributed by atoms with E-state index < -0.39 is 0 Å². The summed E-state index contributed by atoms with van der Waals surface area (Å²) in [5.41, 5.74) is 0. The number of piperidine rings is 1. The molecule has 96 valence electrons. The van der Waals surface area contributed by atoms with Crippen LogP contribution in [-0.2, 0) is 0 Å². The summed E-state index contributed by atoms with van der Waals surface area (Å²) in [6.07, 6.45) is 14.5. The number of hydrogen-bond acceptors (Lipinski definition) is 2. The first-order valence-electron chi connectivity index (χ1n) is 7.55. The van der Waals surface area contributed by atoms with E-state index in [-0.39, 0.29) is 0 Å². The molecule has 2 saturated heterocycles. The minimum Gasteiger partial charge on any atom is -0.311 e. The Morgan fingerprint density at radius 3 is 2.53 bits per heavy atom. The van der Waals surface area contributed by atoms with E-state index in [2.05, 4.69) is 29.3 Å². The van der Waals surface area contributed by atoms with Crippen molar-refractivity contribution in [2.24, 2.45) is 0 Å². The molecule has 0 saturated carbocycles. The van der Waals surface area contributed by atoms with Gasteiger partial charge in [-0.05, 0) is 51.5 Å². The molecule has 0 aromatic carbocycles. The molecule has 0 aromatic rings. The predicted octanol–water partition coefficient (Wildman–Crippen LogP) is 2.70. The smallest absolute Gasteiger partial charge is 0.0281 e. The van der Waals surface area contributed by atoms with Gasteiger partial charge in [0.1, 0.15) is 0 Å². The Bertz CT molecular complexity index is 275. The van der Waals surface area contributed by atoms with E-state index in [4.69, 9.17) is 0 Å². The SMILES string of the molecule is CCN(C1C=CCCC1)C1CC2CCC(C1)N2. The van der Waals surface area contributed by atoms with Crippen molar-refractivity contribution in [2.45, 2.75) is 76.0 Å². The molecule has 3 atom stereocenters. The van der Waals surface area contributed by atoms with Gasteiger partial charge in [0.25, 0.3) is 0 Å². The Kier molecular flexibility index (Phi) is 3.53. The van der Waals surface area contributed by atoms with E-state index in [0.29, 0.717) is 0 Å². The fourth-order valence-electron chi connectivity index (χ4n) is 4.13. The highest BCUT2D eigenvalue weighted by Crippen LogP contribution is 2.32. The Labute approximate surface area is 105 Å². The van der Waals surface area contributed by atoms with Gasteiger partial charge in [-0.3, -0.25) is 4.90 Å². The normalized spacial score (nSPS) is 41.1. The largest absolute Gasteiger partial charge is 0.311 e. The quantitative estimate of drug-likeness (QED) is 0.755. The molecule has 2 nitrogen and oxygen atoms in total. The van der Waals surface area contributed by atoms with Crippen LogP contribution >= 0.6 is 0 Å². The van der Waals surface area contributed by atoms with Crippen LogP contribution in [0.15, 0.2) is 12.2 Å². The number of nitrogens with one attached hydrogen (secondary N) is 1. The van der Waals surface area contributed by atoms with Gasteiger partial charge in [-0.15, -0.1) is 0 Å². The third-order valence-corrected chi connectivity index (χ3v) is 4.94. The molecule has 0 radical (unpaired) electrons. The molecule has 2 heterocycles. The molecule has 3 rings (SSSR count). The first-order chi connectivity index (χ1) is 8.36. The Hall–Kier alpha value is -0.340. The van der Waals surface area contributed by atoms with Crippen molar-refractivity contribution < 1.29 is 0 Å². The van der Waals surface area contributed by atoms with E-state index >= 15 is 0 Å². The van der Waals surface area contributed by atoms with Crippen LogP contribution in [0, 0.1) is 0 Å². The van der Waals surface area contributed by atoms with E-state index in [1.807, 2.05) is 0 Å². The molecule has 2 fully saturated rings. The summed E-state index contributed by atoms with van der Waals surface area (Å²) in [6.45, 7) is 3.56. The highest BCUT2D eigenvalue weighted by atomic mass is 15.2. The lowest BCUT2D eigenvalue weighted by atomic mass is 9.93. The van der Waals surface area contributed by atoms with Gasteiger partial charge in [-0.1, -0.05) is 19.1 Å². The Balaban J connectivity index is 1.67. The molecule has 2 aliphatic heterocycles. The summed E-state index contributed by atoms with van der Waals surface area (Å²) in [5.74, 6) is 0. The summed E-state index contributed by atoms with van der Waals surface area (Å²) in [5, 5.41) is 3.76. The molecule has 0 spiro atoms. The van der Waals surface area contributed by atoms with E-state index in [9.17, 15) is 0 Å². The molecule has 17 heavy (non-hydrogen) atoms. The summed E-state index contributed by atoms with van der Waals surface area (Å²) >= 11 is 0.